The zero-order valence-electron chi connectivity index (χ0n) is 14.3. The van der Waals surface area contributed by atoms with Crippen molar-refractivity contribution >= 4 is 40.2 Å². The molecule has 1 saturated heterocycles. The van der Waals surface area contributed by atoms with Crippen molar-refractivity contribution in [3.63, 3.8) is 0 Å². The molecule has 0 spiro atoms. The Kier molecular flexibility index (Phi) is 4.70. The Morgan fingerprint density at radius 2 is 2.12 bits per heavy atom. The first-order chi connectivity index (χ1) is 12.7. The molecule has 8 heteroatoms. The van der Waals surface area contributed by atoms with Crippen LogP contribution < -0.4 is 4.90 Å². The highest BCUT2D eigenvalue weighted by Crippen LogP contribution is 2.37. The minimum absolute atomic E-state index is 0.396. The Hall–Kier alpha value is -2.30. The smallest absolute Gasteiger partial charge is 0.196 e. The standard InChI is InChI=1S/C18H17ClN6S/c1-2-13-15(19)14-16(22-13)23-18(24-17(14)25-7-3-4-8-25)26-12-6-5-11(9-20)21-10-12/h5-6,10H,2-4,7-8H2,1H3,(H,22,23,24). The van der Waals surface area contributed by atoms with E-state index in [1.807, 2.05) is 12.1 Å². The van der Waals surface area contributed by atoms with E-state index in [1.165, 1.54) is 11.8 Å². The fourth-order valence-corrected chi connectivity index (χ4v) is 4.21. The van der Waals surface area contributed by atoms with E-state index in [2.05, 4.69) is 26.8 Å². The van der Waals surface area contributed by atoms with Crippen LogP contribution in [0.25, 0.3) is 11.0 Å². The summed E-state index contributed by atoms with van der Waals surface area (Å²) in [5.41, 5.74) is 2.15. The van der Waals surface area contributed by atoms with Crippen molar-refractivity contribution in [3.8, 4) is 6.07 Å². The first kappa shape index (κ1) is 17.1. The van der Waals surface area contributed by atoms with Crippen molar-refractivity contribution in [3.05, 3.63) is 34.7 Å². The Morgan fingerprint density at radius 3 is 2.77 bits per heavy atom. The van der Waals surface area contributed by atoms with Gasteiger partial charge in [0, 0.05) is 29.9 Å². The summed E-state index contributed by atoms with van der Waals surface area (Å²) < 4.78 is 0. The highest BCUT2D eigenvalue weighted by molar-refractivity contribution is 7.99. The normalized spacial score (nSPS) is 14.1. The zero-order valence-corrected chi connectivity index (χ0v) is 15.9. The number of anilines is 1. The molecule has 26 heavy (non-hydrogen) atoms. The minimum atomic E-state index is 0.396. The van der Waals surface area contributed by atoms with Crippen LogP contribution in [0.4, 0.5) is 5.82 Å². The Bertz CT molecular complexity index is 986. The summed E-state index contributed by atoms with van der Waals surface area (Å²) in [7, 11) is 0. The van der Waals surface area contributed by atoms with E-state index in [9.17, 15) is 0 Å². The van der Waals surface area contributed by atoms with Crippen LogP contribution in [0.2, 0.25) is 5.02 Å². The van der Waals surface area contributed by atoms with Gasteiger partial charge >= 0.3 is 0 Å². The second kappa shape index (κ2) is 7.14. The van der Waals surface area contributed by atoms with Gasteiger partial charge in [-0.15, -0.1) is 0 Å². The summed E-state index contributed by atoms with van der Waals surface area (Å²) in [5, 5.41) is 11.2. The number of halogens is 1. The van der Waals surface area contributed by atoms with E-state index >= 15 is 0 Å². The van der Waals surface area contributed by atoms with Crippen molar-refractivity contribution in [2.45, 2.75) is 36.2 Å². The molecule has 0 unspecified atom stereocenters. The molecule has 0 radical (unpaired) electrons. The molecule has 0 atom stereocenters. The lowest BCUT2D eigenvalue weighted by Gasteiger charge is -2.18. The van der Waals surface area contributed by atoms with E-state index in [1.54, 1.807) is 12.3 Å². The van der Waals surface area contributed by atoms with Crippen molar-refractivity contribution in [1.82, 2.24) is 19.9 Å². The van der Waals surface area contributed by atoms with Gasteiger partial charge in [0.15, 0.2) is 5.16 Å². The molecular weight excluding hydrogens is 368 g/mol. The van der Waals surface area contributed by atoms with Crippen LogP contribution in [0.15, 0.2) is 28.4 Å². The summed E-state index contributed by atoms with van der Waals surface area (Å²) in [6, 6.07) is 5.58. The largest absolute Gasteiger partial charge is 0.356 e. The third-order valence-electron chi connectivity index (χ3n) is 4.44. The average Bonchev–Trinajstić information content (AvgIpc) is 3.30. The second-order valence-electron chi connectivity index (χ2n) is 6.11. The van der Waals surface area contributed by atoms with Crippen molar-refractivity contribution in [2.75, 3.05) is 18.0 Å². The molecule has 6 nitrogen and oxygen atoms in total. The molecule has 4 heterocycles. The number of aromatic nitrogens is 4. The number of hydrogen-bond donors (Lipinski definition) is 1. The van der Waals surface area contributed by atoms with Gasteiger partial charge in [-0.2, -0.15) is 5.26 Å². The summed E-state index contributed by atoms with van der Waals surface area (Å²) in [5.74, 6) is 0.901. The number of aryl methyl sites for hydroxylation is 1. The van der Waals surface area contributed by atoms with Gasteiger partial charge in [0.2, 0.25) is 0 Å². The molecule has 1 fully saturated rings. The Labute approximate surface area is 160 Å². The van der Waals surface area contributed by atoms with Crippen LogP contribution in [0, 0.1) is 11.3 Å². The van der Waals surface area contributed by atoms with Gasteiger partial charge in [0.05, 0.1) is 10.4 Å². The SMILES string of the molecule is CCc1[nH]c2nc(Sc3ccc(C#N)nc3)nc(N3CCCC3)c2c1Cl. The summed E-state index contributed by atoms with van der Waals surface area (Å²) in [4.78, 5) is 20.1. The summed E-state index contributed by atoms with van der Waals surface area (Å²) in [6.07, 6.45) is 4.81. The molecular formula is C18H17ClN6S. The molecule has 1 N–H and O–H groups in total. The van der Waals surface area contributed by atoms with Crippen molar-refractivity contribution < 1.29 is 0 Å². The number of nitriles is 1. The van der Waals surface area contributed by atoms with Gasteiger partial charge in [-0.25, -0.2) is 15.0 Å². The lowest BCUT2D eigenvalue weighted by atomic mass is 10.3. The molecule has 132 valence electrons. The first-order valence-electron chi connectivity index (χ1n) is 8.56. The zero-order chi connectivity index (χ0) is 18.1. The number of aromatic amines is 1. The summed E-state index contributed by atoms with van der Waals surface area (Å²) >= 11 is 8.03. The van der Waals surface area contributed by atoms with Gasteiger partial charge in [0.25, 0.3) is 0 Å². The lowest BCUT2D eigenvalue weighted by Crippen LogP contribution is -2.19. The van der Waals surface area contributed by atoms with E-state index in [0.717, 1.165) is 64.8 Å². The summed E-state index contributed by atoms with van der Waals surface area (Å²) in [6.45, 7) is 4.03. The highest BCUT2D eigenvalue weighted by Gasteiger charge is 2.23. The number of fused-ring (bicyclic) bond motifs is 1. The number of hydrogen-bond acceptors (Lipinski definition) is 6. The molecule has 0 amide bonds. The number of nitrogens with one attached hydrogen (secondary N) is 1. The fraction of sp³-hybridized carbons (Fsp3) is 0.333. The second-order valence-corrected chi connectivity index (χ2v) is 7.53. The molecule has 3 aromatic heterocycles. The molecule has 1 aliphatic rings. The molecule has 0 saturated carbocycles. The van der Waals surface area contributed by atoms with Gasteiger partial charge in [-0.3, -0.25) is 0 Å². The number of pyridine rings is 1. The van der Waals surface area contributed by atoms with Crippen LogP contribution >= 0.6 is 23.4 Å². The average molecular weight is 385 g/mol. The molecule has 3 aromatic rings. The first-order valence-corrected chi connectivity index (χ1v) is 9.76. The fourth-order valence-electron chi connectivity index (χ4n) is 3.13. The molecule has 4 rings (SSSR count). The van der Waals surface area contributed by atoms with E-state index in [4.69, 9.17) is 21.8 Å². The van der Waals surface area contributed by atoms with Crippen molar-refractivity contribution in [1.29, 1.82) is 5.26 Å². The van der Waals surface area contributed by atoms with Gasteiger partial charge in [-0.05, 0) is 43.2 Å². The van der Waals surface area contributed by atoms with Gasteiger partial charge in [-0.1, -0.05) is 18.5 Å². The monoisotopic (exact) mass is 384 g/mol. The van der Waals surface area contributed by atoms with E-state index in [-0.39, 0.29) is 0 Å². The van der Waals surface area contributed by atoms with Crippen molar-refractivity contribution in [2.24, 2.45) is 0 Å². The number of H-pyrrole nitrogens is 1. The molecule has 0 aliphatic carbocycles. The third kappa shape index (κ3) is 3.11. The predicted molar refractivity (Wildman–Crippen MR) is 103 cm³/mol. The number of nitrogens with zero attached hydrogens (tertiary/aromatic N) is 5. The van der Waals surface area contributed by atoms with Crippen LogP contribution in [-0.2, 0) is 6.42 Å². The maximum absolute atomic E-state index is 8.88. The van der Waals surface area contributed by atoms with Gasteiger partial charge < -0.3 is 9.88 Å². The van der Waals surface area contributed by atoms with Crippen LogP contribution in [-0.4, -0.2) is 33.0 Å². The quantitative estimate of drug-likeness (QED) is 0.679. The lowest BCUT2D eigenvalue weighted by molar-refractivity contribution is 0.895. The maximum Gasteiger partial charge on any atom is 0.196 e. The number of rotatable bonds is 4. The minimum Gasteiger partial charge on any atom is -0.356 e. The Balaban J connectivity index is 1.78. The topological polar surface area (TPSA) is 81.5 Å². The van der Waals surface area contributed by atoms with Crippen LogP contribution in [0.5, 0.6) is 0 Å². The molecule has 0 aromatic carbocycles. The maximum atomic E-state index is 8.88. The highest BCUT2D eigenvalue weighted by atomic mass is 35.5. The van der Waals surface area contributed by atoms with E-state index in [0.29, 0.717) is 10.9 Å². The third-order valence-corrected chi connectivity index (χ3v) is 5.70. The van der Waals surface area contributed by atoms with E-state index < -0.39 is 0 Å². The predicted octanol–water partition coefficient (Wildman–Crippen LogP) is 4.19. The Morgan fingerprint density at radius 1 is 1.31 bits per heavy atom. The van der Waals surface area contributed by atoms with Crippen LogP contribution in [0.3, 0.4) is 0 Å². The molecule has 1 aliphatic heterocycles. The molecule has 0 bridgehead atoms. The van der Waals surface area contributed by atoms with Crippen LogP contribution in [0.1, 0.15) is 31.2 Å². The van der Waals surface area contributed by atoms with Gasteiger partial charge in [0.1, 0.15) is 23.2 Å².